The lowest BCUT2D eigenvalue weighted by molar-refractivity contribution is -0.146. The Morgan fingerprint density at radius 2 is 1.48 bits per heavy atom. The lowest BCUT2D eigenvalue weighted by Gasteiger charge is -2.24. The van der Waals surface area contributed by atoms with E-state index >= 15 is 0 Å². The lowest BCUT2D eigenvalue weighted by atomic mass is 9.96. The quantitative estimate of drug-likeness (QED) is 0.356. The van der Waals surface area contributed by atoms with E-state index in [4.69, 9.17) is 9.47 Å². The summed E-state index contributed by atoms with van der Waals surface area (Å²) in [6, 6.07) is 0. The van der Waals surface area contributed by atoms with Gasteiger partial charge < -0.3 is 14.6 Å². The highest BCUT2D eigenvalue weighted by atomic mass is 16.5. The fourth-order valence-electron chi connectivity index (χ4n) is 2.88. The van der Waals surface area contributed by atoms with E-state index in [2.05, 4.69) is 26.5 Å². The Morgan fingerprint density at radius 1 is 0.966 bits per heavy atom. The van der Waals surface area contributed by atoms with E-state index in [0.717, 1.165) is 24.0 Å². The van der Waals surface area contributed by atoms with Crippen molar-refractivity contribution < 1.29 is 24.2 Å². The Bertz CT molecular complexity index is 648. The first kappa shape index (κ1) is 26.9. The molecule has 0 aliphatic heterocycles. The van der Waals surface area contributed by atoms with Gasteiger partial charge in [-0.2, -0.15) is 0 Å². The molecule has 0 fully saturated rings. The second-order valence-electron chi connectivity index (χ2n) is 8.11. The van der Waals surface area contributed by atoms with Crippen LogP contribution in [-0.4, -0.2) is 34.9 Å². The average Bonchev–Trinajstić information content (AvgIpc) is 2.52. The minimum Gasteiger partial charge on any atom is -0.458 e. The molecule has 0 aromatic rings. The summed E-state index contributed by atoms with van der Waals surface area (Å²) in [5.41, 5.74) is 2.16. The van der Waals surface area contributed by atoms with Crippen molar-refractivity contribution in [2.45, 2.75) is 92.0 Å². The van der Waals surface area contributed by atoms with Crippen molar-refractivity contribution in [2.24, 2.45) is 0 Å². The molecule has 0 spiro atoms. The van der Waals surface area contributed by atoms with Crippen LogP contribution < -0.4 is 0 Å². The summed E-state index contributed by atoms with van der Waals surface area (Å²) in [6.45, 7) is 16.0. The number of allylic oxidation sites excluding steroid dienone is 3. The summed E-state index contributed by atoms with van der Waals surface area (Å²) in [5, 5.41) is 10.2. The molecule has 0 aromatic heterocycles. The second kappa shape index (κ2) is 13.2. The first-order chi connectivity index (χ1) is 13.3. The minimum atomic E-state index is -1.16. The molecule has 0 aliphatic carbocycles. The molecule has 3 atom stereocenters. The van der Waals surface area contributed by atoms with Crippen LogP contribution in [0.25, 0.3) is 0 Å². The number of aliphatic hydroxyl groups is 1. The van der Waals surface area contributed by atoms with E-state index in [-0.39, 0.29) is 12.4 Å². The van der Waals surface area contributed by atoms with E-state index in [9.17, 15) is 14.7 Å². The van der Waals surface area contributed by atoms with Gasteiger partial charge in [0.25, 0.3) is 0 Å². The third kappa shape index (κ3) is 14.5. The maximum atomic E-state index is 11.5. The number of esters is 2. The van der Waals surface area contributed by atoms with E-state index in [1.165, 1.54) is 25.5 Å². The number of hydrogen-bond acceptors (Lipinski definition) is 5. The third-order valence-corrected chi connectivity index (χ3v) is 4.24. The number of carbonyl (C=O) groups is 2. The zero-order valence-corrected chi connectivity index (χ0v) is 19.1. The highest BCUT2D eigenvalue weighted by Gasteiger charge is 2.23. The molecule has 5 nitrogen and oxygen atoms in total. The van der Waals surface area contributed by atoms with Crippen molar-refractivity contribution in [1.82, 2.24) is 0 Å². The zero-order chi connectivity index (χ0) is 22.6. The Kier molecular flexibility index (Phi) is 12.2. The fraction of sp³-hybridized carbons (Fsp3) is 0.583. The highest BCUT2D eigenvalue weighted by Crippen LogP contribution is 2.21. The van der Waals surface area contributed by atoms with Gasteiger partial charge in [-0.15, -0.1) is 6.58 Å². The second-order valence-corrected chi connectivity index (χ2v) is 8.11. The number of carbonyl (C=O) groups excluding carboxylic acids is 2. The van der Waals surface area contributed by atoms with Gasteiger partial charge in [-0.1, -0.05) is 28.9 Å². The molecule has 0 saturated carbocycles. The van der Waals surface area contributed by atoms with Crippen LogP contribution in [0.4, 0.5) is 0 Å². The Labute approximate surface area is 176 Å². The predicted octanol–water partition coefficient (Wildman–Crippen LogP) is 5.21. The van der Waals surface area contributed by atoms with E-state index < -0.39 is 23.8 Å². The Morgan fingerprint density at radius 3 is 1.97 bits per heavy atom. The maximum absolute atomic E-state index is 11.5. The highest BCUT2D eigenvalue weighted by molar-refractivity contribution is 5.66. The normalized spacial score (nSPS) is 16.3. The van der Waals surface area contributed by atoms with Crippen molar-refractivity contribution in [2.75, 3.05) is 0 Å². The van der Waals surface area contributed by atoms with Crippen LogP contribution in [0.3, 0.4) is 0 Å². The lowest BCUT2D eigenvalue weighted by Crippen LogP contribution is -2.29. The van der Waals surface area contributed by atoms with E-state index in [1.807, 2.05) is 19.9 Å². The van der Waals surface area contributed by atoms with Gasteiger partial charge >= 0.3 is 11.9 Å². The van der Waals surface area contributed by atoms with Crippen molar-refractivity contribution in [3.05, 3.63) is 47.6 Å². The number of rotatable bonds is 12. The summed E-state index contributed by atoms with van der Waals surface area (Å²) >= 11 is 0. The third-order valence-electron chi connectivity index (χ3n) is 4.24. The first-order valence-electron chi connectivity index (χ1n) is 10.0. The summed E-state index contributed by atoms with van der Waals surface area (Å²) in [6.07, 6.45) is 8.89. The molecule has 0 aromatic carbocycles. The molecular formula is C24H38O5. The molecule has 0 unspecified atom stereocenters. The molecule has 0 rings (SSSR count). The van der Waals surface area contributed by atoms with Crippen molar-refractivity contribution >= 4 is 11.9 Å². The molecule has 0 heterocycles. The number of hydrogen-bond donors (Lipinski definition) is 1. The summed E-state index contributed by atoms with van der Waals surface area (Å²) in [4.78, 5) is 22.9. The van der Waals surface area contributed by atoms with Crippen LogP contribution in [0, 0.1) is 0 Å². The van der Waals surface area contributed by atoms with Gasteiger partial charge in [0.1, 0.15) is 12.2 Å². The fourth-order valence-corrected chi connectivity index (χ4v) is 2.88. The van der Waals surface area contributed by atoms with Gasteiger partial charge in [0.05, 0.1) is 5.60 Å². The average molecular weight is 407 g/mol. The van der Waals surface area contributed by atoms with Gasteiger partial charge in [-0.05, 0) is 59.6 Å². The molecule has 1 N–H and O–H groups in total. The minimum absolute atomic E-state index is 0.198. The molecule has 0 aliphatic rings. The van der Waals surface area contributed by atoms with E-state index in [0.29, 0.717) is 6.42 Å². The van der Waals surface area contributed by atoms with Crippen LogP contribution in [0.5, 0.6) is 0 Å². The molecule has 29 heavy (non-hydrogen) atoms. The van der Waals surface area contributed by atoms with Gasteiger partial charge in [0.15, 0.2) is 0 Å². The maximum Gasteiger partial charge on any atom is 0.303 e. The van der Waals surface area contributed by atoms with E-state index in [1.54, 1.807) is 13.0 Å². The predicted molar refractivity (Wildman–Crippen MR) is 117 cm³/mol. The van der Waals surface area contributed by atoms with Crippen LogP contribution in [-0.2, 0) is 19.1 Å². The molecular weight excluding hydrogens is 368 g/mol. The SMILES string of the molecule is C=C[C@@](C)(O)C[C@H](/C=C(\C)C[C@@H](/C=C(\C)CCC=C(C)C)OC(C)=O)OC(C)=O. The first-order valence-corrected chi connectivity index (χ1v) is 10.0. The number of ether oxygens (including phenoxy) is 2. The van der Waals surface area contributed by atoms with Crippen molar-refractivity contribution in [1.29, 1.82) is 0 Å². The Hall–Kier alpha value is -2.14. The topological polar surface area (TPSA) is 72.8 Å². The largest absolute Gasteiger partial charge is 0.458 e. The Balaban J connectivity index is 5.35. The van der Waals surface area contributed by atoms with Gasteiger partial charge in [-0.25, -0.2) is 0 Å². The standard InChI is InChI=1S/C24H38O5/c1-9-24(8,27)16-23(29-21(7)26)15-19(5)14-22(28-20(6)25)13-18(4)12-10-11-17(2)3/h9,11,13,15,22-23,27H,1,10,12,14,16H2,2-8H3/b18-13+,19-15+/t22-,23+,24-/m1/s1. The van der Waals surface area contributed by atoms with Crippen LogP contribution in [0.2, 0.25) is 0 Å². The molecule has 0 amide bonds. The monoisotopic (exact) mass is 406 g/mol. The van der Waals surface area contributed by atoms with Crippen LogP contribution in [0.1, 0.15) is 74.1 Å². The summed E-state index contributed by atoms with van der Waals surface area (Å²) < 4.78 is 10.8. The smallest absolute Gasteiger partial charge is 0.303 e. The molecule has 0 bridgehead atoms. The van der Waals surface area contributed by atoms with Crippen LogP contribution in [0.15, 0.2) is 47.6 Å². The molecule has 0 radical (unpaired) electrons. The summed E-state index contributed by atoms with van der Waals surface area (Å²) in [7, 11) is 0. The van der Waals surface area contributed by atoms with Crippen molar-refractivity contribution in [3.8, 4) is 0 Å². The van der Waals surface area contributed by atoms with Crippen molar-refractivity contribution in [3.63, 3.8) is 0 Å². The van der Waals surface area contributed by atoms with Gasteiger partial charge in [0, 0.05) is 26.7 Å². The molecule has 5 heteroatoms. The van der Waals surface area contributed by atoms with Gasteiger partial charge in [-0.3, -0.25) is 9.59 Å². The zero-order valence-electron chi connectivity index (χ0n) is 19.1. The van der Waals surface area contributed by atoms with Crippen LogP contribution >= 0.6 is 0 Å². The molecule has 164 valence electrons. The summed E-state index contributed by atoms with van der Waals surface area (Å²) in [5.74, 6) is -0.771. The molecule has 0 saturated heterocycles. The van der Waals surface area contributed by atoms with Gasteiger partial charge in [0.2, 0.25) is 0 Å².